The second-order valence-electron chi connectivity index (χ2n) is 5.84. The van der Waals surface area contributed by atoms with E-state index in [1.54, 1.807) is 13.0 Å². The maximum absolute atomic E-state index is 14.6. The Kier molecular flexibility index (Phi) is 4.24. The third-order valence-corrected chi connectivity index (χ3v) is 4.31. The zero-order valence-electron chi connectivity index (χ0n) is 14.5. The van der Waals surface area contributed by atoms with Crippen LogP contribution in [0, 0.1) is 11.6 Å². The van der Waals surface area contributed by atoms with Gasteiger partial charge in [-0.05, 0) is 32.0 Å². The number of hydrogen-bond donors (Lipinski definition) is 0. The minimum absolute atomic E-state index is 0.0188. The summed E-state index contributed by atoms with van der Waals surface area (Å²) in [7, 11) is 0. The predicted octanol–water partition coefficient (Wildman–Crippen LogP) is 4.17. The first-order chi connectivity index (χ1) is 12.7. The zero-order chi connectivity index (χ0) is 18.3. The van der Waals surface area contributed by atoms with Crippen LogP contribution < -0.4 is 9.47 Å². The molecule has 2 aromatic carbocycles. The summed E-state index contributed by atoms with van der Waals surface area (Å²) in [6.45, 7) is 4.97. The Morgan fingerprint density at radius 1 is 1.19 bits per heavy atom. The minimum atomic E-state index is -0.974. The highest BCUT2D eigenvalue weighted by Gasteiger charge is 2.30. The molecule has 1 atom stereocenters. The van der Waals surface area contributed by atoms with E-state index >= 15 is 0 Å². The van der Waals surface area contributed by atoms with Crippen molar-refractivity contribution in [3.05, 3.63) is 47.5 Å². The lowest BCUT2D eigenvalue weighted by atomic mass is 10.1. The van der Waals surface area contributed by atoms with Crippen LogP contribution in [0.2, 0.25) is 0 Å². The Labute approximate surface area is 149 Å². The third-order valence-electron chi connectivity index (χ3n) is 4.31. The van der Waals surface area contributed by atoms with Gasteiger partial charge in [-0.15, -0.1) is 0 Å². The molecule has 1 aliphatic rings. The van der Waals surface area contributed by atoms with Crippen LogP contribution in [0.4, 0.5) is 8.78 Å². The van der Waals surface area contributed by atoms with Crippen LogP contribution in [0.3, 0.4) is 0 Å². The van der Waals surface area contributed by atoms with Crippen molar-refractivity contribution in [1.82, 2.24) is 9.55 Å². The standard InChI is InChI=1S/C19H18F2N2O3/c1-3-24-15-10-26-18-11(15)6-5-7-14(18)23-17-13(22-19(23)25-4-2)9-8-12(20)16(17)21/h5-9,15H,3-4,10H2,1-2H3/t15-/m1/s1. The van der Waals surface area contributed by atoms with Gasteiger partial charge in [-0.25, -0.2) is 8.78 Å². The van der Waals surface area contributed by atoms with E-state index in [1.165, 1.54) is 10.6 Å². The molecule has 5 nitrogen and oxygen atoms in total. The summed E-state index contributed by atoms with van der Waals surface area (Å²) in [5.74, 6) is -1.35. The molecule has 0 unspecified atom stereocenters. The highest BCUT2D eigenvalue weighted by molar-refractivity contribution is 5.81. The van der Waals surface area contributed by atoms with E-state index < -0.39 is 11.6 Å². The van der Waals surface area contributed by atoms with Gasteiger partial charge >= 0.3 is 6.01 Å². The molecular weight excluding hydrogens is 342 g/mol. The van der Waals surface area contributed by atoms with Crippen LogP contribution in [0.1, 0.15) is 25.5 Å². The number of ether oxygens (including phenoxy) is 3. The van der Waals surface area contributed by atoms with E-state index in [1.807, 2.05) is 19.1 Å². The number of aromatic nitrogens is 2. The van der Waals surface area contributed by atoms with E-state index in [9.17, 15) is 8.78 Å². The maximum Gasteiger partial charge on any atom is 0.302 e. The van der Waals surface area contributed by atoms with Crippen LogP contribution in [-0.2, 0) is 4.74 Å². The van der Waals surface area contributed by atoms with Crippen molar-refractivity contribution < 1.29 is 23.0 Å². The fourth-order valence-electron chi connectivity index (χ4n) is 3.25. The van der Waals surface area contributed by atoms with Crippen LogP contribution >= 0.6 is 0 Å². The second kappa shape index (κ2) is 6.57. The van der Waals surface area contributed by atoms with Gasteiger partial charge in [0, 0.05) is 12.2 Å². The van der Waals surface area contributed by atoms with Gasteiger partial charge in [-0.2, -0.15) is 4.98 Å². The molecule has 1 aromatic heterocycles. The number of para-hydroxylation sites is 1. The summed E-state index contributed by atoms with van der Waals surface area (Å²) in [5.41, 5.74) is 1.74. The fraction of sp³-hybridized carbons (Fsp3) is 0.316. The molecule has 0 saturated heterocycles. The summed E-state index contributed by atoms with van der Waals surface area (Å²) in [6, 6.07) is 8.17. The lowest BCUT2D eigenvalue weighted by molar-refractivity contribution is 0.0468. The molecule has 4 rings (SSSR count). The maximum atomic E-state index is 14.6. The molecule has 7 heteroatoms. The van der Waals surface area contributed by atoms with Crippen molar-refractivity contribution in [2.75, 3.05) is 19.8 Å². The number of halogens is 2. The average Bonchev–Trinajstić information content (AvgIpc) is 3.21. The smallest absolute Gasteiger partial charge is 0.302 e. The molecule has 0 spiro atoms. The van der Waals surface area contributed by atoms with Crippen molar-refractivity contribution in [3.63, 3.8) is 0 Å². The van der Waals surface area contributed by atoms with Gasteiger partial charge in [0.2, 0.25) is 0 Å². The van der Waals surface area contributed by atoms with Gasteiger partial charge < -0.3 is 14.2 Å². The Balaban J connectivity index is 1.98. The molecule has 0 fully saturated rings. The minimum Gasteiger partial charge on any atom is -0.488 e. The molecule has 0 bridgehead atoms. The van der Waals surface area contributed by atoms with Crippen LogP contribution in [-0.4, -0.2) is 29.4 Å². The highest BCUT2D eigenvalue weighted by atomic mass is 19.2. The molecule has 0 saturated carbocycles. The van der Waals surface area contributed by atoms with Crippen molar-refractivity contribution in [1.29, 1.82) is 0 Å². The van der Waals surface area contributed by atoms with Gasteiger partial charge in [-0.1, -0.05) is 12.1 Å². The number of benzene rings is 2. The van der Waals surface area contributed by atoms with Crippen molar-refractivity contribution >= 4 is 11.0 Å². The lowest BCUT2D eigenvalue weighted by Crippen LogP contribution is -2.04. The lowest BCUT2D eigenvalue weighted by Gasteiger charge is -2.13. The van der Waals surface area contributed by atoms with Crippen LogP contribution in [0.15, 0.2) is 30.3 Å². The zero-order valence-corrected chi connectivity index (χ0v) is 14.5. The molecule has 136 valence electrons. The van der Waals surface area contributed by atoms with Crippen molar-refractivity contribution in [2.45, 2.75) is 20.0 Å². The number of rotatable bonds is 5. The molecule has 0 amide bonds. The molecular formula is C19H18F2N2O3. The topological polar surface area (TPSA) is 45.5 Å². The van der Waals surface area contributed by atoms with Gasteiger partial charge in [0.1, 0.15) is 24.0 Å². The van der Waals surface area contributed by atoms with Crippen molar-refractivity contribution in [2.24, 2.45) is 0 Å². The quantitative estimate of drug-likeness (QED) is 0.685. The molecule has 0 N–H and O–H groups in total. The Hall–Kier alpha value is -2.67. The Bertz CT molecular complexity index is 971. The van der Waals surface area contributed by atoms with E-state index in [0.717, 1.165) is 11.6 Å². The number of imidazole rings is 1. The van der Waals surface area contributed by atoms with E-state index in [0.29, 0.717) is 36.8 Å². The fourth-order valence-corrected chi connectivity index (χ4v) is 3.25. The van der Waals surface area contributed by atoms with E-state index in [-0.39, 0.29) is 17.6 Å². The second-order valence-corrected chi connectivity index (χ2v) is 5.84. The van der Waals surface area contributed by atoms with Gasteiger partial charge in [-0.3, -0.25) is 4.57 Å². The molecule has 2 heterocycles. The molecule has 26 heavy (non-hydrogen) atoms. The largest absolute Gasteiger partial charge is 0.488 e. The van der Waals surface area contributed by atoms with Crippen LogP contribution in [0.25, 0.3) is 16.7 Å². The number of nitrogens with zero attached hydrogens (tertiary/aromatic N) is 2. The molecule has 1 aliphatic heterocycles. The van der Waals surface area contributed by atoms with Crippen LogP contribution in [0.5, 0.6) is 11.8 Å². The normalized spacial score (nSPS) is 15.9. The summed E-state index contributed by atoms with van der Waals surface area (Å²) in [6.07, 6.45) is -0.193. The monoisotopic (exact) mass is 360 g/mol. The summed E-state index contributed by atoms with van der Waals surface area (Å²) in [5, 5.41) is 0. The average molecular weight is 360 g/mol. The molecule has 0 aliphatic carbocycles. The molecule has 3 aromatic rings. The highest BCUT2D eigenvalue weighted by Crippen LogP contribution is 2.42. The van der Waals surface area contributed by atoms with E-state index in [2.05, 4.69) is 4.98 Å². The first-order valence-electron chi connectivity index (χ1n) is 8.52. The third kappa shape index (κ3) is 2.50. The summed E-state index contributed by atoms with van der Waals surface area (Å²) in [4.78, 5) is 4.31. The van der Waals surface area contributed by atoms with Gasteiger partial charge in [0.25, 0.3) is 0 Å². The summed E-state index contributed by atoms with van der Waals surface area (Å²) < 4.78 is 47.0. The molecule has 0 radical (unpaired) electrons. The van der Waals surface area contributed by atoms with Crippen molar-refractivity contribution in [3.8, 4) is 17.4 Å². The van der Waals surface area contributed by atoms with Gasteiger partial charge in [0.05, 0.1) is 17.8 Å². The Morgan fingerprint density at radius 2 is 2.04 bits per heavy atom. The van der Waals surface area contributed by atoms with E-state index in [4.69, 9.17) is 14.2 Å². The summed E-state index contributed by atoms with van der Waals surface area (Å²) >= 11 is 0. The first-order valence-corrected chi connectivity index (χ1v) is 8.52. The Morgan fingerprint density at radius 3 is 2.81 bits per heavy atom. The number of fused-ring (bicyclic) bond motifs is 2. The number of hydrogen-bond acceptors (Lipinski definition) is 4. The SMILES string of the molecule is CCOc1nc2ccc(F)c(F)c2n1-c1cccc2c1OC[C@H]2OCC. The first kappa shape index (κ1) is 16.8. The van der Waals surface area contributed by atoms with Gasteiger partial charge in [0.15, 0.2) is 11.6 Å². The predicted molar refractivity (Wildman–Crippen MR) is 92.0 cm³/mol.